The van der Waals surface area contributed by atoms with Gasteiger partial charge < -0.3 is 9.84 Å². The molecular formula is C15H22O3. The summed E-state index contributed by atoms with van der Waals surface area (Å²) in [6.07, 6.45) is 0.420. The number of carbonyl (C=O) groups is 1. The first-order valence-corrected chi connectivity index (χ1v) is 6.22. The molecule has 1 rings (SSSR count). The van der Waals surface area contributed by atoms with Gasteiger partial charge in [-0.3, -0.25) is 0 Å². The van der Waals surface area contributed by atoms with E-state index in [0.717, 1.165) is 0 Å². The molecule has 0 aliphatic rings. The van der Waals surface area contributed by atoms with Crippen LogP contribution in [-0.4, -0.2) is 16.7 Å². The Kier molecular flexibility index (Phi) is 4.05. The van der Waals surface area contributed by atoms with Crippen molar-refractivity contribution in [3.63, 3.8) is 0 Å². The van der Waals surface area contributed by atoms with Crippen LogP contribution in [-0.2, 0) is 10.2 Å². The van der Waals surface area contributed by atoms with Crippen molar-refractivity contribution in [2.24, 2.45) is 0 Å². The highest BCUT2D eigenvalue weighted by Gasteiger charge is 2.33. The lowest BCUT2D eigenvalue weighted by Crippen LogP contribution is -2.40. The van der Waals surface area contributed by atoms with E-state index in [0.29, 0.717) is 12.2 Å². The maximum absolute atomic E-state index is 11.2. The number of hydrogen-bond acceptors (Lipinski definition) is 2. The zero-order chi connectivity index (χ0) is 14.0. The van der Waals surface area contributed by atoms with E-state index in [1.165, 1.54) is 5.56 Å². The molecule has 0 radical (unpaired) electrons. The van der Waals surface area contributed by atoms with Gasteiger partial charge in [0.25, 0.3) is 0 Å². The fourth-order valence-electron chi connectivity index (χ4n) is 1.55. The Hall–Kier alpha value is -1.51. The SMILES string of the molecule is CCC(C)(Oc1ccc(C(C)(C)C)cc1)C(=O)O. The molecule has 1 aromatic rings. The van der Waals surface area contributed by atoms with Crippen molar-refractivity contribution in [3.05, 3.63) is 29.8 Å². The Morgan fingerprint density at radius 3 is 2.00 bits per heavy atom. The summed E-state index contributed by atoms with van der Waals surface area (Å²) in [5, 5.41) is 9.15. The molecule has 0 bridgehead atoms. The molecular weight excluding hydrogens is 228 g/mol. The van der Waals surface area contributed by atoms with Gasteiger partial charge >= 0.3 is 5.97 Å². The maximum Gasteiger partial charge on any atom is 0.347 e. The van der Waals surface area contributed by atoms with Gasteiger partial charge in [0.2, 0.25) is 5.60 Å². The summed E-state index contributed by atoms with van der Waals surface area (Å²) < 4.78 is 5.58. The van der Waals surface area contributed by atoms with Gasteiger partial charge in [-0.15, -0.1) is 0 Å². The van der Waals surface area contributed by atoms with Gasteiger partial charge in [0.1, 0.15) is 5.75 Å². The van der Waals surface area contributed by atoms with Crippen LogP contribution >= 0.6 is 0 Å². The molecule has 0 saturated carbocycles. The first kappa shape index (κ1) is 14.6. The van der Waals surface area contributed by atoms with Crippen LogP contribution in [0.4, 0.5) is 0 Å². The van der Waals surface area contributed by atoms with E-state index in [2.05, 4.69) is 20.8 Å². The summed E-state index contributed by atoms with van der Waals surface area (Å²) in [6.45, 7) is 9.80. The molecule has 1 atom stereocenters. The zero-order valence-corrected chi connectivity index (χ0v) is 11.8. The first-order valence-electron chi connectivity index (χ1n) is 6.22. The first-order chi connectivity index (χ1) is 8.19. The normalized spacial score (nSPS) is 14.9. The number of hydrogen-bond donors (Lipinski definition) is 1. The van der Waals surface area contributed by atoms with Crippen molar-refractivity contribution in [1.82, 2.24) is 0 Å². The average Bonchev–Trinajstić information content (AvgIpc) is 2.28. The molecule has 1 unspecified atom stereocenters. The molecule has 18 heavy (non-hydrogen) atoms. The Morgan fingerprint density at radius 1 is 1.17 bits per heavy atom. The summed E-state index contributed by atoms with van der Waals surface area (Å²) in [5.41, 5.74) is 0.117. The summed E-state index contributed by atoms with van der Waals surface area (Å²) in [4.78, 5) is 11.2. The van der Waals surface area contributed by atoms with Gasteiger partial charge in [0.05, 0.1) is 0 Å². The second-order valence-electron chi connectivity index (χ2n) is 5.77. The van der Waals surface area contributed by atoms with Crippen molar-refractivity contribution in [1.29, 1.82) is 0 Å². The van der Waals surface area contributed by atoms with Crippen LogP contribution in [0.25, 0.3) is 0 Å². The number of rotatable bonds is 4. The summed E-state index contributed by atoms with van der Waals surface area (Å²) in [5.74, 6) is -0.348. The number of aliphatic carboxylic acids is 1. The largest absolute Gasteiger partial charge is 0.478 e. The summed E-state index contributed by atoms with van der Waals surface area (Å²) in [6, 6.07) is 7.62. The Balaban J connectivity index is 2.90. The Morgan fingerprint density at radius 2 is 1.67 bits per heavy atom. The molecule has 0 aliphatic carbocycles. The predicted molar refractivity (Wildman–Crippen MR) is 72.1 cm³/mol. The molecule has 100 valence electrons. The quantitative estimate of drug-likeness (QED) is 0.887. The second-order valence-corrected chi connectivity index (χ2v) is 5.77. The van der Waals surface area contributed by atoms with Crippen molar-refractivity contribution in [3.8, 4) is 5.75 Å². The lowest BCUT2D eigenvalue weighted by Gasteiger charge is -2.25. The molecule has 3 nitrogen and oxygen atoms in total. The Bertz CT molecular complexity index is 414. The minimum atomic E-state index is -1.16. The van der Waals surface area contributed by atoms with Crippen LogP contribution in [0.5, 0.6) is 5.75 Å². The topological polar surface area (TPSA) is 46.5 Å². The molecule has 0 saturated heterocycles. The van der Waals surface area contributed by atoms with Gasteiger partial charge in [0, 0.05) is 0 Å². The van der Waals surface area contributed by atoms with E-state index < -0.39 is 11.6 Å². The second kappa shape index (κ2) is 5.01. The van der Waals surface area contributed by atoms with E-state index in [1.807, 2.05) is 24.3 Å². The van der Waals surface area contributed by atoms with Crippen LogP contribution in [0.2, 0.25) is 0 Å². The summed E-state index contributed by atoms with van der Waals surface area (Å²) in [7, 11) is 0. The lowest BCUT2D eigenvalue weighted by molar-refractivity contribution is -0.154. The fourth-order valence-corrected chi connectivity index (χ4v) is 1.55. The van der Waals surface area contributed by atoms with E-state index in [9.17, 15) is 4.79 Å². The van der Waals surface area contributed by atoms with Crippen molar-refractivity contribution < 1.29 is 14.6 Å². The average molecular weight is 250 g/mol. The number of carboxylic acids is 1. The standard InChI is InChI=1S/C15H22O3/c1-6-15(5,13(16)17)18-12-9-7-11(8-10-12)14(2,3)4/h7-10H,6H2,1-5H3,(H,16,17). The smallest absolute Gasteiger partial charge is 0.347 e. The van der Waals surface area contributed by atoms with E-state index in [1.54, 1.807) is 13.8 Å². The third-order valence-corrected chi connectivity index (χ3v) is 3.19. The molecule has 0 heterocycles. The zero-order valence-electron chi connectivity index (χ0n) is 11.8. The third-order valence-electron chi connectivity index (χ3n) is 3.19. The number of carboxylic acid groups (broad SMARTS) is 1. The molecule has 0 amide bonds. The van der Waals surface area contributed by atoms with Crippen LogP contribution < -0.4 is 4.74 Å². The van der Waals surface area contributed by atoms with Crippen LogP contribution in [0, 0.1) is 0 Å². The van der Waals surface area contributed by atoms with E-state index in [-0.39, 0.29) is 5.41 Å². The van der Waals surface area contributed by atoms with Gasteiger partial charge in [-0.2, -0.15) is 0 Å². The Labute approximate surface area is 109 Å². The van der Waals surface area contributed by atoms with Crippen LogP contribution in [0.15, 0.2) is 24.3 Å². The van der Waals surface area contributed by atoms with Gasteiger partial charge in [-0.1, -0.05) is 39.8 Å². The van der Waals surface area contributed by atoms with Gasteiger partial charge in [-0.05, 0) is 36.5 Å². The molecule has 0 aliphatic heterocycles. The summed E-state index contributed by atoms with van der Waals surface area (Å²) >= 11 is 0. The monoisotopic (exact) mass is 250 g/mol. The van der Waals surface area contributed by atoms with Crippen LogP contribution in [0.3, 0.4) is 0 Å². The molecule has 0 fully saturated rings. The molecule has 1 N–H and O–H groups in total. The lowest BCUT2D eigenvalue weighted by atomic mass is 9.87. The highest BCUT2D eigenvalue weighted by atomic mass is 16.5. The van der Waals surface area contributed by atoms with Gasteiger partial charge in [-0.25, -0.2) is 4.79 Å². The van der Waals surface area contributed by atoms with Crippen molar-refractivity contribution in [2.75, 3.05) is 0 Å². The number of benzene rings is 1. The number of ether oxygens (including phenoxy) is 1. The molecule has 3 heteroatoms. The maximum atomic E-state index is 11.2. The predicted octanol–water partition coefficient (Wildman–Crippen LogP) is 3.62. The minimum absolute atomic E-state index is 0.0827. The third kappa shape index (κ3) is 3.25. The minimum Gasteiger partial charge on any atom is -0.478 e. The van der Waals surface area contributed by atoms with E-state index in [4.69, 9.17) is 9.84 Å². The fraction of sp³-hybridized carbons (Fsp3) is 0.533. The van der Waals surface area contributed by atoms with Gasteiger partial charge in [0.15, 0.2) is 0 Å². The molecule has 0 aromatic heterocycles. The highest BCUT2D eigenvalue weighted by molar-refractivity contribution is 5.77. The van der Waals surface area contributed by atoms with Crippen molar-refractivity contribution >= 4 is 5.97 Å². The van der Waals surface area contributed by atoms with E-state index >= 15 is 0 Å². The molecule has 0 spiro atoms. The molecule has 1 aromatic carbocycles. The van der Waals surface area contributed by atoms with Crippen LogP contribution in [0.1, 0.15) is 46.6 Å². The highest BCUT2D eigenvalue weighted by Crippen LogP contribution is 2.27. The van der Waals surface area contributed by atoms with Crippen molar-refractivity contribution in [2.45, 2.75) is 52.1 Å².